The highest BCUT2D eigenvalue weighted by Crippen LogP contribution is 2.39. The van der Waals surface area contributed by atoms with Crippen LogP contribution in [0.5, 0.6) is 0 Å². The highest BCUT2D eigenvalue weighted by atomic mass is 16.8. The molecule has 0 aromatic rings. The van der Waals surface area contributed by atoms with Gasteiger partial charge in [0.05, 0.1) is 58.4 Å². The molecule has 0 aromatic heterocycles. The van der Waals surface area contributed by atoms with Crippen molar-refractivity contribution in [3.8, 4) is 0 Å². The first kappa shape index (κ1) is 76.9. The molecule has 0 saturated carbocycles. The van der Waals surface area contributed by atoms with Gasteiger partial charge >= 0.3 is 5.97 Å². The maximum absolute atomic E-state index is 13.1. The number of aliphatic hydroxyl groups excluding tert-OH is 21. The second kappa shape index (κ2) is 32.9. The van der Waals surface area contributed by atoms with Crippen LogP contribution in [0, 0.1) is 0 Å². The molecule has 7 aliphatic rings. The van der Waals surface area contributed by atoms with Gasteiger partial charge in [-0.05, 0) is 0 Å². The largest absolute Gasteiger partial charge is 0.477 e. The standard InChI is InChI=1S/C51H85N3O39/c1-12(60)52-23-15(63)4-51(50(79)80,93-42(23)26(65)16(64)5-55)82-11-21-29(68)34(73)37(76)49(88-21)91-41-25(54-14(3)62)46(84-19(8-58)30(41)69)92-43-38(77)44(78)83-22(40(43)90-48-36(75)33(72)28(67)18(7-57)86-48)10-81-45-24(53-13(2)61)31(70)39(20(9-59)87-45)89-47-35(74)32(71)27(66)17(6-56)85-47/h15-49,55-59,63-78H,4-11H2,1-3H3,(H,52,60)(H,53,61)(H,54,62)(H,79,80)/t15-,16+,17+,18+,19+,20+,21+,22+,23+,24+,25+,26+,27-,28-,29-,30+,31+,32-,33-,34-,35+,36+,37+,38+,39+,40+,41+,42+,43+,44?,45+,46-,47-,48-,49-,51-/m0/s1. The molecule has 0 spiro atoms. The average molecular weight is 1360 g/mol. The van der Waals surface area contributed by atoms with E-state index in [9.17, 15) is 132 Å². The van der Waals surface area contributed by atoms with Crippen LogP contribution in [-0.4, -0.2) is 403 Å². The summed E-state index contributed by atoms with van der Waals surface area (Å²) in [5.41, 5.74) is 0. The lowest BCUT2D eigenvalue weighted by Crippen LogP contribution is -2.70. The van der Waals surface area contributed by atoms with Crippen molar-refractivity contribution in [2.45, 2.75) is 248 Å². The quantitative estimate of drug-likeness (QED) is 0.0404. The lowest BCUT2D eigenvalue weighted by atomic mass is 9.88. The smallest absolute Gasteiger partial charge is 0.364 e. The maximum Gasteiger partial charge on any atom is 0.364 e. The molecule has 42 heteroatoms. The van der Waals surface area contributed by atoms with Gasteiger partial charge in [0.1, 0.15) is 165 Å². The Labute approximate surface area is 525 Å². The molecule has 3 amide bonds. The minimum absolute atomic E-state index is 0.823. The van der Waals surface area contributed by atoms with E-state index in [0.717, 1.165) is 20.8 Å². The topological polar surface area (TPSA) is 669 Å². The highest BCUT2D eigenvalue weighted by Gasteiger charge is 2.60. The van der Waals surface area contributed by atoms with Crippen molar-refractivity contribution in [1.29, 1.82) is 0 Å². The van der Waals surface area contributed by atoms with Gasteiger partial charge < -0.3 is 190 Å². The van der Waals surface area contributed by atoms with Crippen molar-refractivity contribution in [2.75, 3.05) is 46.2 Å². The zero-order valence-electron chi connectivity index (χ0n) is 49.6. The van der Waals surface area contributed by atoms with Gasteiger partial charge in [-0.15, -0.1) is 0 Å². The van der Waals surface area contributed by atoms with E-state index >= 15 is 0 Å². The van der Waals surface area contributed by atoms with Gasteiger partial charge in [-0.3, -0.25) is 14.4 Å². The van der Waals surface area contributed by atoms with Crippen LogP contribution < -0.4 is 16.0 Å². The molecular formula is C51H85N3O39. The van der Waals surface area contributed by atoms with E-state index in [1.807, 2.05) is 0 Å². The molecule has 7 aliphatic heterocycles. The van der Waals surface area contributed by atoms with E-state index < -0.39 is 297 Å². The second-order valence-corrected chi connectivity index (χ2v) is 23.3. The molecule has 0 aromatic carbocycles. The fourth-order valence-corrected chi connectivity index (χ4v) is 11.7. The van der Waals surface area contributed by atoms with Crippen LogP contribution in [0.1, 0.15) is 27.2 Å². The van der Waals surface area contributed by atoms with E-state index in [4.69, 9.17) is 61.6 Å². The lowest BCUT2D eigenvalue weighted by Gasteiger charge is -2.51. The van der Waals surface area contributed by atoms with Crippen molar-refractivity contribution in [3.05, 3.63) is 0 Å². The first-order valence-electron chi connectivity index (χ1n) is 29.2. The number of rotatable bonds is 25. The van der Waals surface area contributed by atoms with E-state index in [0.29, 0.717) is 0 Å². The Morgan fingerprint density at radius 3 is 1.37 bits per heavy atom. The van der Waals surface area contributed by atoms with Crippen molar-refractivity contribution >= 4 is 23.7 Å². The third-order valence-corrected chi connectivity index (χ3v) is 16.7. The summed E-state index contributed by atoms with van der Waals surface area (Å²) >= 11 is 0. The normalized spacial score (nSPS) is 47.2. The predicted octanol–water partition coefficient (Wildman–Crippen LogP) is -16.6. The summed E-state index contributed by atoms with van der Waals surface area (Å²) in [5.74, 6) is -7.78. The van der Waals surface area contributed by atoms with E-state index in [2.05, 4.69) is 16.0 Å². The summed E-state index contributed by atoms with van der Waals surface area (Å²) in [4.78, 5) is 50.8. The van der Waals surface area contributed by atoms with Gasteiger partial charge in [0, 0.05) is 27.2 Å². The second-order valence-electron chi connectivity index (χ2n) is 23.3. The molecule has 0 radical (unpaired) electrons. The molecule has 1 unspecified atom stereocenters. The Morgan fingerprint density at radius 2 is 0.871 bits per heavy atom. The van der Waals surface area contributed by atoms with Crippen molar-refractivity contribution in [2.24, 2.45) is 0 Å². The van der Waals surface area contributed by atoms with Gasteiger partial charge in [-0.25, -0.2) is 4.79 Å². The summed E-state index contributed by atoms with van der Waals surface area (Å²) < 4.78 is 75.5. The number of aliphatic hydroxyl groups is 21. The Morgan fingerprint density at radius 1 is 0.441 bits per heavy atom. The number of nitrogens with one attached hydrogen (secondary N) is 3. The van der Waals surface area contributed by atoms with Crippen LogP contribution in [0.4, 0.5) is 0 Å². The number of carbonyl (C=O) groups excluding carboxylic acids is 3. The van der Waals surface area contributed by atoms with E-state index in [-0.39, 0.29) is 0 Å². The molecule has 93 heavy (non-hydrogen) atoms. The van der Waals surface area contributed by atoms with Crippen LogP contribution in [0.15, 0.2) is 0 Å². The van der Waals surface area contributed by atoms with E-state index in [1.54, 1.807) is 0 Å². The molecule has 7 fully saturated rings. The van der Waals surface area contributed by atoms with Crippen LogP contribution >= 0.6 is 0 Å². The molecule has 36 atom stereocenters. The molecule has 7 saturated heterocycles. The van der Waals surface area contributed by atoms with Gasteiger partial charge in [0.15, 0.2) is 37.7 Å². The molecule has 538 valence electrons. The third-order valence-electron chi connectivity index (χ3n) is 16.7. The van der Waals surface area contributed by atoms with E-state index in [1.165, 1.54) is 0 Å². The van der Waals surface area contributed by atoms with Gasteiger partial charge in [0.25, 0.3) is 5.79 Å². The van der Waals surface area contributed by atoms with Crippen LogP contribution in [0.3, 0.4) is 0 Å². The third kappa shape index (κ3) is 17.0. The first-order chi connectivity index (χ1) is 43.8. The molecular weight excluding hydrogens is 1280 g/mol. The number of amides is 3. The lowest BCUT2D eigenvalue weighted by molar-refractivity contribution is -0.388. The van der Waals surface area contributed by atoms with Crippen molar-refractivity contribution in [3.63, 3.8) is 0 Å². The fourth-order valence-electron chi connectivity index (χ4n) is 11.7. The number of carboxylic acids is 1. The molecule has 0 aliphatic carbocycles. The van der Waals surface area contributed by atoms with Gasteiger partial charge in [-0.1, -0.05) is 0 Å². The number of hydrogen-bond donors (Lipinski definition) is 25. The molecule has 0 bridgehead atoms. The highest BCUT2D eigenvalue weighted by molar-refractivity contribution is 5.77. The van der Waals surface area contributed by atoms with Crippen molar-refractivity contribution < 1.29 is 193 Å². The summed E-state index contributed by atoms with van der Waals surface area (Å²) in [5, 5.41) is 245. The molecule has 25 N–H and O–H groups in total. The Kier molecular flexibility index (Phi) is 27.2. The summed E-state index contributed by atoms with van der Waals surface area (Å²) in [7, 11) is 0. The minimum Gasteiger partial charge on any atom is -0.477 e. The van der Waals surface area contributed by atoms with Gasteiger partial charge in [-0.2, -0.15) is 0 Å². The monoisotopic (exact) mass is 1360 g/mol. The Balaban J connectivity index is 1.18. The summed E-state index contributed by atoms with van der Waals surface area (Å²) in [6.45, 7) is -4.66. The Hall–Kier alpha value is -3.48. The number of aliphatic carboxylic acids is 1. The number of carbonyl (C=O) groups is 4. The maximum atomic E-state index is 13.1. The SMILES string of the molecule is CC(=O)N[C@H]1[C@H](OC[C@H]2OC(O)[C@H](O)[C@@H](O[C@@H]3O[C@H](CO)[C@@H](O)[C@H](O[C@@H]4O[C@H](CO[C@@]5(C(=O)O)C[C@H](O)[C@@H](NC(C)=O)[C@H]([C@H](O)[C@H](O)CO)O5)[C@H](O)[C@H](O)[C@H]4O)[C@H]3NC(C)=O)[C@@H]2O[C@@H]2O[C@H](CO)[C@H](O)[C@H](O)[C@H]2O)O[C@H](CO)[C@@H](O[C@@H]2O[C@H](CO)[C@H](O)[C@H](O)[C@H]2O)[C@@H]1O. The molecule has 42 nitrogen and oxygen atoms in total. The zero-order valence-corrected chi connectivity index (χ0v) is 49.6. The molecule has 7 rings (SSSR count). The van der Waals surface area contributed by atoms with Crippen LogP contribution in [-0.2, 0) is 80.8 Å². The van der Waals surface area contributed by atoms with Crippen LogP contribution in [0.2, 0.25) is 0 Å². The first-order valence-corrected chi connectivity index (χ1v) is 29.2. The fraction of sp³-hybridized carbons (Fsp3) is 0.922. The Bertz CT molecular complexity index is 2410. The number of ether oxygens (including phenoxy) is 13. The average Bonchev–Trinajstić information content (AvgIpc) is 0.789. The summed E-state index contributed by atoms with van der Waals surface area (Å²) in [6, 6.07) is -5.43. The number of hydrogen-bond acceptors (Lipinski definition) is 38. The van der Waals surface area contributed by atoms with Crippen molar-refractivity contribution in [1.82, 2.24) is 16.0 Å². The minimum atomic E-state index is -3.06. The molecule has 7 heterocycles. The predicted molar refractivity (Wildman–Crippen MR) is 284 cm³/mol. The number of carboxylic acid groups (broad SMARTS) is 1. The summed E-state index contributed by atoms with van der Waals surface area (Å²) in [6.07, 6.45) is -67.5. The van der Waals surface area contributed by atoms with Crippen LogP contribution in [0.25, 0.3) is 0 Å². The van der Waals surface area contributed by atoms with Gasteiger partial charge in [0.2, 0.25) is 17.7 Å². The zero-order chi connectivity index (χ0) is 69.0.